The molecule has 1 unspecified atom stereocenters. The Bertz CT molecular complexity index is 269. The summed E-state index contributed by atoms with van der Waals surface area (Å²) >= 11 is 0. The molecule has 1 rings (SSSR count). The molecular formula is C17H36N2O. The minimum atomic E-state index is 0.208. The highest BCUT2D eigenvalue weighted by molar-refractivity contribution is 4.88. The van der Waals surface area contributed by atoms with E-state index in [0.717, 1.165) is 19.1 Å². The van der Waals surface area contributed by atoms with Gasteiger partial charge in [0.2, 0.25) is 0 Å². The molecule has 0 aromatic carbocycles. The Morgan fingerprint density at radius 2 is 1.85 bits per heavy atom. The first-order chi connectivity index (χ1) is 9.34. The van der Waals surface area contributed by atoms with Crippen molar-refractivity contribution in [2.45, 2.75) is 59.4 Å². The molecule has 1 fully saturated rings. The number of rotatable bonds is 8. The van der Waals surface area contributed by atoms with Crippen molar-refractivity contribution in [2.24, 2.45) is 11.3 Å². The molecule has 0 radical (unpaired) electrons. The van der Waals surface area contributed by atoms with Crippen LogP contribution in [0.2, 0.25) is 0 Å². The first-order valence-corrected chi connectivity index (χ1v) is 8.30. The summed E-state index contributed by atoms with van der Waals surface area (Å²) in [7, 11) is 1.82. The average molecular weight is 284 g/mol. The summed E-state index contributed by atoms with van der Waals surface area (Å²) in [4.78, 5) is 2.65. The van der Waals surface area contributed by atoms with Crippen molar-refractivity contribution in [1.82, 2.24) is 10.2 Å². The normalized spacial score (nSPS) is 21.6. The summed E-state index contributed by atoms with van der Waals surface area (Å²) in [5.74, 6) is 0.738. The number of hydrogen-bond acceptors (Lipinski definition) is 3. The molecule has 1 saturated heterocycles. The predicted octanol–water partition coefficient (Wildman–Crippen LogP) is 3.15. The summed E-state index contributed by atoms with van der Waals surface area (Å²) in [6, 6.07) is 0. The third-order valence-electron chi connectivity index (χ3n) is 4.83. The zero-order valence-electron chi connectivity index (χ0n) is 14.6. The minimum absolute atomic E-state index is 0.208. The van der Waals surface area contributed by atoms with E-state index in [1.807, 2.05) is 7.11 Å². The molecule has 20 heavy (non-hydrogen) atoms. The van der Waals surface area contributed by atoms with Gasteiger partial charge in [-0.25, -0.2) is 0 Å². The number of methoxy groups -OCH3 is 1. The van der Waals surface area contributed by atoms with Gasteiger partial charge in [-0.15, -0.1) is 0 Å². The second kappa shape index (κ2) is 7.77. The molecule has 0 aromatic rings. The third kappa shape index (κ3) is 5.71. The quantitative estimate of drug-likeness (QED) is 0.741. The van der Waals surface area contributed by atoms with Crippen molar-refractivity contribution in [3.63, 3.8) is 0 Å². The zero-order chi connectivity index (χ0) is 15.2. The molecule has 3 heteroatoms. The van der Waals surface area contributed by atoms with E-state index in [-0.39, 0.29) is 5.54 Å². The Kier molecular flexibility index (Phi) is 6.96. The van der Waals surface area contributed by atoms with Gasteiger partial charge in [-0.1, -0.05) is 13.8 Å². The summed E-state index contributed by atoms with van der Waals surface area (Å²) in [6.07, 6.45) is 3.79. The van der Waals surface area contributed by atoms with Crippen LogP contribution in [0.4, 0.5) is 0 Å². The van der Waals surface area contributed by atoms with Crippen molar-refractivity contribution < 1.29 is 4.74 Å². The molecule has 0 saturated carbocycles. The SMILES string of the molecule is CCC(CC)(CNC(C)(C)C)CN1CCC(COC)C1. The molecule has 1 heterocycles. The topological polar surface area (TPSA) is 24.5 Å². The van der Waals surface area contributed by atoms with Gasteiger partial charge in [0, 0.05) is 32.3 Å². The monoisotopic (exact) mass is 284 g/mol. The van der Waals surface area contributed by atoms with E-state index in [2.05, 4.69) is 44.8 Å². The number of nitrogens with zero attached hydrogens (tertiary/aromatic N) is 1. The second-order valence-corrected chi connectivity index (χ2v) is 7.66. The smallest absolute Gasteiger partial charge is 0.0503 e. The molecule has 0 aromatic heterocycles. The van der Waals surface area contributed by atoms with E-state index >= 15 is 0 Å². The Hall–Kier alpha value is -0.120. The van der Waals surface area contributed by atoms with E-state index in [1.54, 1.807) is 0 Å². The number of nitrogens with one attached hydrogen (secondary N) is 1. The van der Waals surface area contributed by atoms with Crippen molar-refractivity contribution in [3.05, 3.63) is 0 Å². The molecule has 0 spiro atoms. The van der Waals surface area contributed by atoms with Crippen LogP contribution in [-0.4, -0.2) is 50.3 Å². The fraction of sp³-hybridized carbons (Fsp3) is 1.00. The van der Waals surface area contributed by atoms with E-state index in [0.29, 0.717) is 5.41 Å². The fourth-order valence-corrected chi connectivity index (χ4v) is 3.13. The van der Waals surface area contributed by atoms with Gasteiger partial charge in [0.1, 0.15) is 0 Å². The Labute approximate surface area is 126 Å². The highest BCUT2D eigenvalue weighted by Crippen LogP contribution is 2.30. The molecular weight excluding hydrogens is 248 g/mol. The zero-order valence-corrected chi connectivity index (χ0v) is 14.6. The average Bonchev–Trinajstić information content (AvgIpc) is 2.81. The minimum Gasteiger partial charge on any atom is -0.384 e. The summed E-state index contributed by atoms with van der Waals surface area (Å²) in [5.41, 5.74) is 0.619. The van der Waals surface area contributed by atoms with Gasteiger partial charge >= 0.3 is 0 Å². The van der Waals surface area contributed by atoms with Crippen LogP contribution in [0.5, 0.6) is 0 Å². The lowest BCUT2D eigenvalue weighted by Gasteiger charge is -2.38. The maximum absolute atomic E-state index is 5.31. The molecule has 0 bridgehead atoms. The molecule has 3 nitrogen and oxygen atoms in total. The summed E-state index contributed by atoms with van der Waals surface area (Å²) in [5, 5.41) is 3.72. The maximum atomic E-state index is 5.31. The molecule has 1 N–H and O–H groups in total. The van der Waals surface area contributed by atoms with Crippen LogP contribution in [-0.2, 0) is 4.74 Å². The van der Waals surface area contributed by atoms with Crippen LogP contribution in [0.15, 0.2) is 0 Å². The first-order valence-electron chi connectivity index (χ1n) is 8.30. The van der Waals surface area contributed by atoms with Crippen LogP contribution >= 0.6 is 0 Å². The highest BCUT2D eigenvalue weighted by Gasteiger charge is 2.33. The lowest BCUT2D eigenvalue weighted by molar-refractivity contribution is 0.125. The molecule has 0 amide bonds. The summed E-state index contributed by atoms with van der Waals surface area (Å²) in [6.45, 7) is 17.2. The Morgan fingerprint density at radius 3 is 2.35 bits per heavy atom. The maximum Gasteiger partial charge on any atom is 0.0503 e. The molecule has 1 atom stereocenters. The molecule has 120 valence electrons. The van der Waals surface area contributed by atoms with Gasteiger partial charge in [0.15, 0.2) is 0 Å². The van der Waals surface area contributed by atoms with Crippen molar-refractivity contribution >= 4 is 0 Å². The number of hydrogen-bond donors (Lipinski definition) is 1. The predicted molar refractivity (Wildman–Crippen MR) is 87.2 cm³/mol. The van der Waals surface area contributed by atoms with E-state index in [4.69, 9.17) is 4.74 Å². The molecule has 1 aliphatic rings. The van der Waals surface area contributed by atoms with Crippen molar-refractivity contribution in [1.29, 1.82) is 0 Å². The first kappa shape index (κ1) is 17.9. The Balaban J connectivity index is 2.54. The molecule has 0 aliphatic carbocycles. The number of likely N-dealkylation sites (tertiary alicyclic amines) is 1. The van der Waals surface area contributed by atoms with E-state index < -0.39 is 0 Å². The number of ether oxygens (including phenoxy) is 1. The van der Waals surface area contributed by atoms with Crippen molar-refractivity contribution in [2.75, 3.05) is 39.9 Å². The van der Waals surface area contributed by atoms with E-state index in [1.165, 1.54) is 38.9 Å². The van der Waals surface area contributed by atoms with E-state index in [9.17, 15) is 0 Å². The van der Waals surface area contributed by atoms with Crippen LogP contribution in [0.1, 0.15) is 53.9 Å². The van der Waals surface area contributed by atoms with Gasteiger partial charge < -0.3 is 15.0 Å². The fourth-order valence-electron chi connectivity index (χ4n) is 3.13. The Morgan fingerprint density at radius 1 is 1.20 bits per heavy atom. The van der Waals surface area contributed by atoms with Gasteiger partial charge in [0.05, 0.1) is 6.61 Å². The van der Waals surface area contributed by atoms with Crippen molar-refractivity contribution in [3.8, 4) is 0 Å². The lowest BCUT2D eigenvalue weighted by atomic mass is 9.81. The standard InChI is InChI=1S/C17H36N2O/c1-7-17(8-2,13-18-16(3,4)5)14-19-10-9-15(11-19)12-20-6/h15,18H,7-14H2,1-6H3. The van der Waals surface area contributed by atoms with Gasteiger partial charge in [-0.05, 0) is 57.9 Å². The highest BCUT2D eigenvalue weighted by atomic mass is 16.5. The molecule has 1 aliphatic heterocycles. The van der Waals surface area contributed by atoms with Crippen LogP contribution in [0, 0.1) is 11.3 Å². The van der Waals surface area contributed by atoms with Gasteiger partial charge in [-0.2, -0.15) is 0 Å². The van der Waals surface area contributed by atoms with Crippen LogP contribution < -0.4 is 5.32 Å². The second-order valence-electron chi connectivity index (χ2n) is 7.66. The van der Waals surface area contributed by atoms with Gasteiger partial charge in [-0.3, -0.25) is 0 Å². The summed E-state index contributed by atoms with van der Waals surface area (Å²) < 4.78 is 5.31. The third-order valence-corrected chi connectivity index (χ3v) is 4.83. The largest absolute Gasteiger partial charge is 0.384 e. The lowest BCUT2D eigenvalue weighted by Crippen LogP contribution is -2.48. The van der Waals surface area contributed by atoms with Crippen LogP contribution in [0.3, 0.4) is 0 Å². The van der Waals surface area contributed by atoms with Gasteiger partial charge in [0.25, 0.3) is 0 Å². The van der Waals surface area contributed by atoms with Crippen LogP contribution in [0.25, 0.3) is 0 Å².